The van der Waals surface area contributed by atoms with Crippen LogP contribution in [0, 0.1) is 0 Å². The van der Waals surface area contributed by atoms with Gasteiger partial charge in [0.25, 0.3) is 5.79 Å². The minimum Gasteiger partial charge on any atom is -0.477 e. The van der Waals surface area contributed by atoms with Crippen LogP contribution in [0.3, 0.4) is 0 Å². The molecule has 0 aromatic rings. The average Bonchev–Trinajstić information content (AvgIpc) is 2.15. The summed E-state index contributed by atoms with van der Waals surface area (Å²) in [5, 5.41) is 18.4. The molecule has 84 valence electrons. The van der Waals surface area contributed by atoms with Crippen LogP contribution in [0.5, 0.6) is 0 Å². The van der Waals surface area contributed by atoms with E-state index in [0.717, 1.165) is 19.3 Å². The first-order valence-corrected chi connectivity index (χ1v) is 5.16. The monoisotopic (exact) mass is 204 g/mol. The molecule has 2 N–H and O–H groups in total. The van der Waals surface area contributed by atoms with E-state index in [4.69, 9.17) is 9.84 Å². The zero-order valence-corrected chi connectivity index (χ0v) is 8.95. The van der Waals surface area contributed by atoms with Gasteiger partial charge in [-0.3, -0.25) is 0 Å². The first-order chi connectivity index (χ1) is 6.56. The van der Waals surface area contributed by atoms with Gasteiger partial charge < -0.3 is 14.9 Å². The Balaban J connectivity index is 4.03. The van der Waals surface area contributed by atoms with E-state index in [0.29, 0.717) is 13.0 Å². The van der Waals surface area contributed by atoms with Gasteiger partial charge in [0.1, 0.15) is 0 Å². The summed E-state index contributed by atoms with van der Waals surface area (Å²) in [6.45, 7) is 4.21. The van der Waals surface area contributed by atoms with Crippen molar-refractivity contribution in [2.75, 3.05) is 6.61 Å². The lowest BCUT2D eigenvalue weighted by atomic mass is 10.1. The Morgan fingerprint density at radius 1 is 1.29 bits per heavy atom. The van der Waals surface area contributed by atoms with Crippen LogP contribution in [-0.2, 0) is 9.53 Å². The van der Waals surface area contributed by atoms with Crippen LogP contribution in [0.1, 0.15) is 46.0 Å². The van der Waals surface area contributed by atoms with Crippen LogP contribution in [0.2, 0.25) is 0 Å². The molecular weight excluding hydrogens is 184 g/mol. The minimum atomic E-state index is -1.98. The number of aliphatic carboxylic acids is 1. The Morgan fingerprint density at radius 2 is 1.86 bits per heavy atom. The molecule has 0 spiro atoms. The van der Waals surface area contributed by atoms with Crippen molar-refractivity contribution in [1.82, 2.24) is 0 Å². The van der Waals surface area contributed by atoms with Crippen LogP contribution in [0.4, 0.5) is 0 Å². The molecule has 14 heavy (non-hydrogen) atoms. The standard InChI is InChI=1S/C10H20O4/c1-3-5-7-10(13,9(11)12)14-8-6-4-2/h13H,3-8H2,1-2H3,(H,11,12). The number of hydrogen-bond donors (Lipinski definition) is 2. The largest absolute Gasteiger partial charge is 0.477 e. The SMILES string of the molecule is CCCCOC(O)(CCCC)C(=O)O. The zero-order chi connectivity index (χ0) is 11.0. The Labute approximate surface area is 84.9 Å². The molecule has 0 fully saturated rings. The predicted octanol–water partition coefficient (Wildman–Crippen LogP) is 1.77. The number of ether oxygens (including phenoxy) is 1. The molecule has 0 aromatic heterocycles. The Bertz CT molecular complexity index is 170. The van der Waals surface area contributed by atoms with Gasteiger partial charge in [0.2, 0.25) is 0 Å². The highest BCUT2D eigenvalue weighted by molar-refractivity contribution is 5.75. The second kappa shape index (κ2) is 6.79. The smallest absolute Gasteiger partial charge is 0.364 e. The van der Waals surface area contributed by atoms with Crippen molar-refractivity contribution in [3.63, 3.8) is 0 Å². The van der Waals surface area contributed by atoms with Gasteiger partial charge in [-0.2, -0.15) is 0 Å². The molecule has 0 aromatic carbocycles. The lowest BCUT2D eigenvalue weighted by molar-refractivity contribution is -0.226. The fourth-order valence-electron chi connectivity index (χ4n) is 1.04. The van der Waals surface area contributed by atoms with E-state index in [1.807, 2.05) is 13.8 Å². The van der Waals surface area contributed by atoms with Crippen LogP contribution in [0.25, 0.3) is 0 Å². The molecule has 1 unspecified atom stereocenters. The summed E-state index contributed by atoms with van der Waals surface area (Å²) >= 11 is 0. The third-order valence-electron chi connectivity index (χ3n) is 2.04. The number of carboxylic acid groups (broad SMARTS) is 1. The molecule has 0 aliphatic carbocycles. The third kappa shape index (κ3) is 4.58. The fraction of sp³-hybridized carbons (Fsp3) is 0.900. The Morgan fingerprint density at radius 3 is 2.29 bits per heavy atom. The number of aliphatic hydroxyl groups is 1. The molecule has 0 rings (SSSR count). The van der Waals surface area contributed by atoms with Crippen molar-refractivity contribution in [1.29, 1.82) is 0 Å². The Kier molecular flexibility index (Phi) is 6.49. The van der Waals surface area contributed by atoms with E-state index in [2.05, 4.69) is 0 Å². The topological polar surface area (TPSA) is 66.8 Å². The highest BCUT2D eigenvalue weighted by Gasteiger charge is 2.36. The molecule has 4 heteroatoms. The average molecular weight is 204 g/mol. The first-order valence-electron chi connectivity index (χ1n) is 5.16. The van der Waals surface area contributed by atoms with Crippen LogP contribution in [-0.4, -0.2) is 28.6 Å². The summed E-state index contributed by atoms with van der Waals surface area (Å²) in [5.74, 6) is -3.27. The number of unbranched alkanes of at least 4 members (excludes halogenated alkanes) is 2. The fourth-order valence-corrected chi connectivity index (χ4v) is 1.04. The molecule has 0 bridgehead atoms. The highest BCUT2D eigenvalue weighted by Crippen LogP contribution is 2.17. The van der Waals surface area contributed by atoms with E-state index < -0.39 is 11.8 Å². The van der Waals surface area contributed by atoms with Gasteiger partial charge in [0.05, 0.1) is 6.61 Å². The summed E-state index contributed by atoms with van der Waals surface area (Å²) in [4.78, 5) is 10.7. The van der Waals surface area contributed by atoms with E-state index in [1.54, 1.807) is 0 Å². The normalized spacial score (nSPS) is 15.1. The maximum atomic E-state index is 10.7. The van der Waals surface area contributed by atoms with Crippen molar-refractivity contribution in [2.45, 2.75) is 51.7 Å². The van der Waals surface area contributed by atoms with Gasteiger partial charge in [-0.25, -0.2) is 4.79 Å². The molecule has 0 saturated heterocycles. The summed E-state index contributed by atoms with van der Waals surface area (Å²) in [7, 11) is 0. The van der Waals surface area contributed by atoms with Crippen LogP contribution < -0.4 is 0 Å². The first kappa shape index (κ1) is 13.4. The quantitative estimate of drug-likeness (QED) is 0.467. The molecule has 0 heterocycles. The molecule has 0 aliphatic heterocycles. The molecule has 1 atom stereocenters. The zero-order valence-electron chi connectivity index (χ0n) is 8.95. The summed E-state index contributed by atoms with van der Waals surface area (Å²) in [6, 6.07) is 0. The molecular formula is C10H20O4. The van der Waals surface area contributed by atoms with Crippen molar-refractivity contribution in [2.24, 2.45) is 0 Å². The predicted molar refractivity (Wildman–Crippen MR) is 53.0 cm³/mol. The number of rotatable bonds is 8. The second-order valence-electron chi connectivity index (χ2n) is 3.40. The van der Waals surface area contributed by atoms with Gasteiger partial charge in [-0.05, 0) is 12.8 Å². The van der Waals surface area contributed by atoms with Gasteiger partial charge in [0.15, 0.2) is 0 Å². The van der Waals surface area contributed by atoms with Gasteiger partial charge in [-0.15, -0.1) is 0 Å². The Hall–Kier alpha value is -0.610. The van der Waals surface area contributed by atoms with Crippen molar-refractivity contribution < 1.29 is 19.7 Å². The van der Waals surface area contributed by atoms with Crippen LogP contribution >= 0.6 is 0 Å². The lowest BCUT2D eigenvalue weighted by Crippen LogP contribution is -2.41. The van der Waals surface area contributed by atoms with E-state index in [-0.39, 0.29) is 6.42 Å². The summed E-state index contributed by atoms with van der Waals surface area (Å²) in [6.07, 6.45) is 3.33. The molecule has 4 nitrogen and oxygen atoms in total. The van der Waals surface area contributed by atoms with E-state index in [1.165, 1.54) is 0 Å². The van der Waals surface area contributed by atoms with Gasteiger partial charge in [-0.1, -0.05) is 26.7 Å². The lowest BCUT2D eigenvalue weighted by Gasteiger charge is -2.23. The van der Waals surface area contributed by atoms with Gasteiger partial charge >= 0.3 is 5.97 Å². The van der Waals surface area contributed by atoms with Crippen LogP contribution in [0.15, 0.2) is 0 Å². The molecule has 0 amide bonds. The third-order valence-corrected chi connectivity index (χ3v) is 2.04. The van der Waals surface area contributed by atoms with Crippen molar-refractivity contribution in [3.8, 4) is 0 Å². The molecule has 0 radical (unpaired) electrons. The summed E-state index contributed by atoms with van der Waals surface area (Å²) < 4.78 is 4.99. The second-order valence-corrected chi connectivity index (χ2v) is 3.40. The number of carboxylic acids is 1. The number of hydrogen-bond acceptors (Lipinski definition) is 3. The maximum absolute atomic E-state index is 10.7. The molecule has 0 aliphatic rings. The van der Waals surface area contributed by atoms with E-state index in [9.17, 15) is 9.90 Å². The van der Waals surface area contributed by atoms with Crippen molar-refractivity contribution >= 4 is 5.97 Å². The van der Waals surface area contributed by atoms with Gasteiger partial charge in [0, 0.05) is 6.42 Å². The molecule has 0 saturated carbocycles. The van der Waals surface area contributed by atoms with E-state index >= 15 is 0 Å². The summed E-state index contributed by atoms with van der Waals surface area (Å²) in [5.41, 5.74) is 0. The number of carbonyl (C=O) groups is 1. The highest BCUT2D eigenvalue weighted by atomic mass is 16.6. The van der Waals surface area contributed by atoms with Crippen molar-refractivity contribution in [3.05, 3.63) is 0 Å². The maximum Gasteiger partial charge on any atom is 0.364 e. The minimum absolute atomic E-state index is 0.155.